The first-order valence-corrected chi connectivity index (χ1v) is 8.91. The van der Waals surface area contributed by atoms with E-state index in [1.54, 1.807) is 29.5 Å². The molecule has 1 aliphatic heterocycles. The van der Waals surface area contributed by atoms with Crippen LogP contribution in [0.25, 0.3) is 10.9 Å². The van der Waals surface area contributed by atoms with Crippen molar-refractivity contribution in [3.8, 4) is 0 Å². The fraction of sp³-hybridized carbons (Fsp3) is 0.353. The molecule has 0 spiro atoms. The normalized spacial score (nSPS) is 17.4. The number of aryl methyl sites for hydroxylation is 1. The van der Waals surface area contributed by atoms with Crippen molar-refractivity contribution >= 4 is 28.3 Å². The Bertz CT molecular complexity index is 1030. The van der Waals surface area contributed by atoms with Gasteiger partial charge in [-0.2, -0.15) is 0 Å². The summed E-state index contributed by atoms with van der Waals surface area (Å²) in [6.45, 7) is 2.43. The SMILES string of the molecule is Cc1nnsc1C(=O)N1CCCC1c1nc2ccccc2c(=O)n1C. The monoisotopic (exact) mass is 355 g/mol. The molecule has 128 valence electrons. The number of fused-ring (bicyclic) bond motifs is 1. The number of carbonyl (C=O) groups is 1. The summed E-state index contributed by atoms with van der Waals surface area (Å²) in [5.41, 5.74) is 1.21. The third-order valence-electron chi connectivity index (χ3n) is 4.68. The van der Waals surface area contributed by atoms with E-state index in [0.29, 0.717) is 33.8 Å². The highest BCUT2D eigenvalue weighted by Gasteiger charge is 2.35. The maximum atomic E-state index is 12.9. The van der Waals surface area contributed by atoms with E-state index in [-0.39, 0.29) is 17.5 Å². The molecule has 3 heterocycles. The van der Waals surface area contributed by atoms with Gasteiger partial charge in [0.1, 0.15) is 10.7 Å². The fourth-order valence-corrected chi connectivity index (χ4v) is 3.98. The Kier molecular flexibility index (Phi) is 3.84. The molecule has 1 amide bonds. The Morgan fingerprint density at radius 2 is 2.12 bits per heavy atom. The lowest BCUT2D eigenvalue weighted by Crippen LogP contribution is -2.34. The van der Waals surface area contributed by atoms with Crippen LogP contribution in [0.1, 0.15) is 40.1 Å². The van der Waals surface area contributed by atoms with Crippen molar-refractivity contribution in [1.29, 1.82) is 0 Å². The molecule has 8 heteroatoms. The molecule has 0 saturated carbocycles. The van der Waals surface area contributed by atoms with Gasteiger partial charge in [0.15, 0.2) is 0 Å². The zero-order valence-corrected chi connectivity index (χ0v) is 14.8. The predicted octanol–water partition coefficient (Wildman–Crippen LogP) is 2.07. The Hall–Kier alpha value is -2.61. The first-order valence-electron chi connectivity index (χ1n) is 8.13. The lowest BCUT2D eigenvalue weighted by atomic mass is 10.1. The average Bonchev–Trinajstić information content (AvgIpc) is 3.26. The number of benzene rings is 1. The summed E-state index contributed by atoms with van der Waals surface area (Å²) < 4.78 is 5.42. The summed E-state index contributed by atoms with van der Waals surface area (Å²) >= 11 is 1.11. The molecule has 4 rings (SSSR count). The predicted molar refractivity (Wildman–Crippen MR) is 94.6 cm³/mol. The van der Waals surface area contributed by atoms with Crippen LogP contribution in [0, 0.1) is 6.92 Å². The topological polar surface area (TPSA) is 81.0 Å². The van der Waals surface area contributed by atoms with Crippen LogP contribution in [0.5, 0.6) is 0 Å². The highest BCUT2D eigenvalue weighted by molar-refractivity contribution is 7.07. The van der Waals surface area contributed by atoms with Crippen LogP contribution in [0.4, 0.5) is 0 Å². The van der Waals surface area contributed by atoms with Crippen LogP contribution in [-0.2, 0) is 7.05 Å². The number of rotatable bonds is 2. The van der Waals surface area contributed by atoms with E-state index in [1.165, 1.54) is 0 Å². The average molecular weight is 355 g/mol. The number of carbonyl (C=O) groups excluding carboxylic acids is 1. The maximum absolute atomic E-state index is 12.9. The fourth-order valence-electron chi connectivity index (χ4n) is 3.37. The van der Waals surface area contributed by atoms with Gasteiger partial charge in [0.05, 0.1) is 22.6 Å². The van der Waals surface area contributed by atoms with Gasteiger partial charge in [0.2, 0.25) is 0 Å². The number of para-hydroxylation sites is 1. The van der Waals surface area contributed by atoms with Crippen molar-refractivity contribution in [2.75, 3.05) is 6.54 Å². The van der Waals surface area contributed by atoms with Gasteiger partial charge in [-0.25, -0.2) is 4.98 Å². The van der Waals surface area contributed by atoms with Crippen LogP contribution in [0.3, 0.4) is 0 Å². The van der Waals surface area contributed by atoms with Crippen LogP contribution < -0.4 is 5.56 Å². The van der Waals surface area contributed by atoms with Crippen molar-refractivity contribution in [1.82, 2.24) is 24.0 Å². The summed E-state index contributed by atoms with van der Waals surface area (Å²) in [4.78, 5) is 32.6. The van der Waals surface area contributed by atoms with Crippen LogP contribution in [-0.4, -0.2) is 36.5 Å². The van der Waals surface area contributed by atoms with Crippen molar-refractivity contribution in [3.63, 3.8) is 0 Å². The van der Waals surface area contributed by atoms with Crippen molar-refractivity contribution in [2.24, 2.45) is 7.05 Å². The smallest absolute Gasteiger partial charge is 0.268 e. The molecule has 1 fully saturated rings. The molecule has 0 radical (unpaired) electrons. The Morgan fingerprint density at radius 3 is 2.88 bits per heavy atom. The molecule has 3 aromatic rings. The third kappa shape index (κ3) is 2.53. The minimum absolute atomic E-state index is 0.0857. The quantitative estimate of drug-likeness (QED) is 0.703. The van der Waals surface area contributed by atoms with Gasteiger partial charge < -0.3 is 4.90 Å². The maximum Gasteiger partial charge on any atom is 0.268 e. The summed E-state index contributed by atoms with van der Waals surface area (Å²) in [6, 6.07) is 7.09. The molecule has 0 bridgehead atoms. The van der Waals surface area contributed by atoms with E-state index in [0.717, 1.165) is 24.4 Å². The van der Waals surface area contributed by atoms with Crippen LogP contribution in [0.2, 0.25) is 0 Å². The number of likely N-dealkylation sites (tertiary alicyclic amines) is 1. The van der Waals surface area contributed by atoms with Crippen molar-refractivity contribution in [3.05, 3.63) is 51.0 Å². The second kappa shape index (κ2) is 6.03. The molecule has 1 aliphatic rings. The molecule has 25 heavy (non-hydrogen) atoms. The highest BCUT2D eigenvalue weighted by Crippen LogP contribution is 2.32. The van der Waals surface area contributed by atoms with Gasteiger partial charge in [0, 0.05) is 13.6 Å². The van der Waals surface area contributed by atoms with Crippen molar-refractivity contribution in [2.45, 2.75) is 25.8 Å². The molecule has 1 aromatic carbocycles. The molecule has 1 unspecified atom stereocenters. The van der Waals surface area contributed by atoms with Gasteiger partial charge in [-0.3, -0.25) is 14.2 Å². The van der Waals surface area contributed by atoms with Gasteiger partial charge >= 0.3 is 0 Å². The van der Waals surface area contributed by atoms with Gasteiger partial charge in [-0.15, -0.1) is 5.10 Å². The number of amides is 1. The van der Waals surface area contributed by atoms with Crippen molar-refractivity contribution < 1.29 is 4.79 Å². The second-order valence-electron chi connectivity index (χ2n) is 6.20. The zero-order valence-electron chi connectivity index (χ0n) is 14.0. The molecular weight excluding hydrogens is 338 g/mol. The standard InChI is InChI=1S/C17H17N5O2S/c1-10-14(25-20-19-10)17(24)22-9-5-8-13(22)15-18-12-7-4-3-6-11(12)16(23)21(15)2/h3-4,6-7,13H,5,8-9H2,1-2H3. The van der Waals surface area contributed by atoms with Crippen LogP contribution in [0.15, 0.2) is 29.1 Å². The largest absolute Gasteiger partial charge is 0.328 e. The minimum atomic E-state index is -0.212. The molecule has 1 atom stereocenters. The zero-order chi connectivity index (χ0) is 17.6. The van der Waals surface area contributed by atoms with E-state index in [2.05, 4.69) is 9.59 Å². The minimum Gasteiger partial charge on any atom is -0.328 e. The lowest BCUT2D eigenvalue weighted by Gasteiger charge is -2.25. The molecular formula is C17H17N5O2S. The first kappa shape index (κ1) is 15.9. The highest BCUT2D eigenvalue weighted by atomic mass is 32.1. The van der Waals surface area contributed by atoms with Crippen LogP contribution >= 0.6 is 11.5 Å². The Balaban J connectivity index is 1.80. The number of hydrogen-bond acceptors (Lipinski definition) is 6. The summed E-state index contributed by atoms with van der Waals surface area (Å²) in [5.74, 6) is 0.544. The van der Waals surface area contributed by atoms with E-state index in [4.69, 9.17) is 4.98 Å². The Labute approximate surface area is 148 Å². The molecule has 0 aliphatic carbocycles. The van der Waals surface area contributed by atoms with Gasteiger partial charge in [-0.05, 0) is 43.4 Å². The lowest BCUT2D eigenvalue weighted by molar-refractivity contribution is 0.0731. The number of aromatic nitrogens is 4. The van der Waals surface area contributed by atoms with E-state index >= 15 is 0 Å². The first-order chi connectivity index (χ1) is 12.1. The molecule has 1 saturated heterocycles. The third-order valence-corrected chi connectivity index (χ3v) is 5.49. The summed E-state index contributed by atoms with van der Waals surface area (Å²) in [6.07, 6.45) is 1.67. The molecule has 0 N–H and O–H groups in total. The van der Waals surface area contributed by atoms with E-state index in [9.17, 15) is 9.59 Å². The summed E-state index contributed by atoms with van der Waals surface area (Å²) in [5, 5.41) is 4.52. The van der Waals surface area contributed by atoms with E-state index < -0.39 is 0 Å². The van der Waals surface area contributed by atoms with Gasteiger partial charge in [-0.1, -0.05) is 16.6 Å². The number of hydrogen-bond donors (Lipinski definition) is 0. The van der Waals surface area contributed by atoms with E-state index in [1.807, 2.05) is 18.2 Å². The second-order valence-corrected chi connectivity index (χ2v) is 6.95. The Morgan fingerprint density at radius 1 is 1.32 bits per heavy atom. The molecule has 7 nitrogen and oxygen atoms in total. The van der Waals surface area contributed by atoms with Gasteiger partial charge in [0.25, 0.3) is 11.5 Å². The number of nitrogens with zero attached hydrogens (tertiary/aromatic N) is 5. The summed E-state index contributed by atoms with van der Waals surface area (Å²) in [7, 11) is 1.72. The molecule has 2 aromatic heterocycles.